The van der Waals surface area contributed by atoms with Crippen molar-refractivity contribution in [1.29, 1.82) is 0 Å². The Balaban J connectivity index is 2.14. The summed E-state index contributed by atoms with van der Waals surface area (Å²) in [5.41, 5.74) is 0.470. The molecule has 0 aromatic carbocycles. The third kappa shape index (κ3) is 7.53. The molecule has 0 aliphatic carbocycles. The Morgan fingerprint density at radius 2 is 1.78 bits per heavy atom. The fourth-order valence-corrected chi connectivity index (χ4v) is 3.37. The molecule has 1 aromatic rings. The molecule has 176 valence electrons. The van der Waals surface area contributed by atoms with Crippen molar-refractivity contribution in [3.05, 3.63) is 18.2 Å². The summed E-state index contributed by atoms with van der Waals surface area (Å²) in [6, 6.07) is -4.52. The number of H-pyrrole nitrogens is 1. The molecule has 1 aromatic heterocycles. The van der Waals surface area contributed by atoms with E-state index in [4.69, 9.17) is 10.2 Å². The fourth-order valence-electron chi connectivity index (χ4n) is 3.12. The van der Waals surface area contributed by atoms with E-state index in [2.05, 4.69) is 43.9 Å². The maximum atomic E-state index is 12.8. The molecule has 1 fully saturated rings. The summed E-state index contributed by atoms with van der Waals surface area (Å²) in [4.78, 5) is 66.9. The number of carboxylic acids is 2. The maximum absolute atomic E-state index is 12.8. The van der Waals surface area contributed by atoms with Gasteiger partial charge in [-0.2, -0.15) is 12.6 Å². The topological polar surface area (TPSA) is 203 Å². The summed E-state index contributed by atoms with van der Waals surface area (Å²) in [5, 5.41) is 28.4. The van der Waals surface area contributed by atoms with E-state index in [1.54, 1.807) is 0 Å². The molecule has 1 aliphatic heterocycles. The minimum Gasteiger partial charge on any atom is -0.481 e. The molecule has 0 spiro atoms. The Morgan fingerprint density at radius 3 is 2.31 bits per heavy atom. The molecule has 0 bridgehead atoms. The third-order valence-electron chi connectivity index (χ3n) is 4.80. The largest absolute Gasteiger partial charge is 0.481 e. The van der Waals surface area contributed by atoms with Crippen molar-refractivity contribution in [3.8, 4) is 0 Å². The van der Waals surface area contributed by atoms with Crippen LogP contribution in [0.1, 0.15) is 25.0 Å². The highest BCUT2D eigenvalue weighted by atomic mass is 32.1. The molecule has 0 saturated carbocycles. The van der Waals surface area contributed by atoms with Crippen LogP contribution in [-0.4, -0.2) is 86.3 Å². The Kier molecular flexibility index (Phi) is 9.46. The van der Waals surface area contributed by atoms with E-state index in [0.717, 1.165) is 6.42 Å². The zero-order valence-electron chi connectivity index (χ0n) is 17.0. The molecule has 7 N–H and O–H groups in total. The first-order valence-corrected chi connectivity index (χ1v) is 10.5. The van der Waals surface area contributed by atoms with Crippen molar-refractivity contribution in [2.45, 2.75) is 49.9 Å². The van der Waals surface area contributed by atoms with Gasteiger partial charge in [0.2, 0.25) is 17.7 Å². The maximum Gasteiger partial charge on any atom is 0.327 e. The number of thiol groups is 1. The Hall–Kier alpha value is -3.13. The predicted octanol–water partition coefficient (Wildman–Crippen LogP) is -2.35. The van der Waals surface area contributed by atoms with Crippen LogP contribution in [-0.2, 0) is 30.4 Å². The van der Waals surface area contributed by atoms with Crippen LogP contribution in [0.4, 0.5) is 0 Å². The summed E-state index contributed by atoms with van der Waals surface area (Å²) < 4.78 is 0. The molecular weight excluding hydrogens is 444 g/mol. The molecule has 2 rings (SSSR count). The zero-order chi connectivity index (χ0) is 23.7. The van der Waals surface area contributed by atoms with Gasteiger partial charge in [0.25, 0.3) is 0 Å². The summed E-state index contributed by atoms with van der Waals surface area (Å²) in [5.74, 6) is -5.03. The lowest BCUT2D eigenvalue weighted by Gasteiger charge is -2.24. The summed E-state index contributed by atoms with van der Waals surface area (Å²) in [6.07, 6.45) is 3.34. The molecule has 13 nitrogen and oxygen atoms in total. The van der Waals surface area contributed by atoms with Crippen molar-refractivity contribution < 1.29 is 34.2 Å². The molecule has 0 radical (unpaired) electrons. The standard InChI is InChI=1S/C18H26N6O7S/c25-14(26)5-12(23-15(27)10-2-1-3-20-10)17(29)22-11(4-9-6-19-8-21-9)16(28)24-13(7-32)18(30)31/h6,8,10-13,20,32H,1-5,7H2,(H,19,21)(H,22,29)(H,23,27)(H,24,28)(H,25,26)(H,30,31). The average Bonchev–Trinajstić information content (AvgIpc) is 3.44. The van der Waals surface area contributed by atoms with Crippen LogP contribution >= 0.6 is 12.6 Å². The summed E-state index contributed by atoms with van der Waals surface area (Å²) >= 11 is 3.89. The molecule has 4 unspecified atom stereocenters. The van der Waals surface area contributed by atoms with Crippen molar-refractivity contribution in [2.24, 2.45) is 0 Å². The van der Waals surface area contributed by atoms with Gasteiger partial charge in [-0.1, -0.05) is 0 Å². The first kappa shape index (κ1) is 25.1. The van der Waals surface area contributed by atoms with E-state index in [1.165, 1.54) is 12.5 Å². The summed E-state index contributed by atoms with van der Waals surface area (Å²) in [6.45, 7) is 0.635. The van der Waals surface area contributed by atoms with Crippen LogP contribution in [0, 0.1) is 0 Å². The van der Waals surface area contributed by atoms with Crippen LogP contribution in [0.25, 0.3) is 0 Å². The average molecular weight is 471 g/mol. The molecule has 2 heterocycles. The van der Waals surface area contributed by atoms with Gasteiger partial charge >= 0.3 is 11.9 Å². The number of aliphatic carboxylic acids is 2. The van der Waals surface area contributed by atoms with Crippen LogP contribution in [0.15, 0.2) is 12.5 Å². The normalized spacial score (nSPS) is 18.2. The molecule has 3 amide bonds. The minimum absolute atomic E-state index is 0.0750. The van der Waals surface area contributed by atoms with Crippen molar-refractivity contribution in [2.75, 3.05) is 12.3 Å². The lowest BCUT2D eigenvalue weighted by Crippen LogP contribution is -2.58. The molecule has 1 saturated heterocycles. The highest BCUT2D eigenvalue weighted by molar-refractivity contribution is 7.80. The molecule has 32 heavy (non-hydrogen) atoms. The second kappa shape index (κ2) is 12.0. The van der Waals surface area contributed by atoms with Crippen LogP contribution < -0.4 is 21.3 Å². The predicted molar refractivity (Wildman–Crippen MR) is 113 cm³/mol. The van der Waals surface area contributed by atoms with Gasteiger partial charge in [-0.25, -0.2) is 9.78 Å². The first-order chi connectivity index (χ1) is 15.2. The number of aromatic amines is 1. The van der Waals surface area contributed by atoms with E-state index in [-0.39, 0.29) is 12.2 Å². The number of rotatable bonds is 12. The molecular formula is C18H26N6O7S. The van der Waals surface area contributed by atoms with E-state index in [1.807, 2.05) is 0 Å². The van der Waals surface area contributed by atoms with E-state index >= 15 is 0 Å². The number of imidazole rings is 1. The molecule has 1 aliphatic rings. The Morgan fingerprint density at radius 1 is 1.09 bits per heavy atom. The Labute approximate surface area is 188 Å². The Bertz CT molecular complexity index is 828. The van der Waals surface area contributed by atoms with Gasteiger partial charge in [0.1, 0.15) is 18.1 Å². The van der Waals surface area contributed by atoms with Crippen LogP contribution in [0.2, 0.25) is 0 Å². The molecule has 4 atom stereocenters. The lowest BCUT2D eigenvalue weighted by atomic mass is 10.1. The van der Waals surface area contributed by atoms with E-state index in [9.17, 15) is 24.0 Å². The van der Waals surface area contributed by atoms with Crippen molar-refractivity contribution in [1.82, 2.24) is 31.2 Å². The smallest absolute Gasteiger partial charge is 0.327 e. The quantitative estimate of drug-likeness (QED) is 0.154. The second-order valence-electron chi connectivity index (χ2n) is 7.23. The molecule has 14 heteroatoms. The van der Waals surface area contributed by atoms with Gasteiger partial charge in [-0.3, -0.25) is 19.2 Å². The number of carbonyl (C=O) groups excluding carboxylic acids is 3. The number of amides is 3. The summed E-state index contributed by atoms with van der Waals surface area (Å²) in [7, 11) is 0. The highest BCUT2D eigenvalue weighted by Crippen LogP contribution is 2.07. The number of carbonyl (C=O) groups is 5. The second-order valence-corrected chi connectivity index (χ2v) is 7.60. The number of nitrogens with zero attached hydrogens (tertiary/aromatic N) is 1. The van der Waals surface area contributed by atoms with E-state index in [0.29, 0.717) is 18.7 Å². The highest BCUT2D eigenvalue weighted by Gasteiger charge is 2.32. The van der Waals surface area contributed by atoms with Gasteiger partial charge in [0, 0.05) is 24.1 Å². The van der Waals surface area contributed by atoms with Gasteiger partial charge in [0.15, 0.2) is 0 Å². The SMILES string of the molecule is O=C(O)CC(NC(=O)C1CCCN1)C(=O)NC(Cc1cnc[nH]1)C(=O)NC(CS)C(=O)O. The fraction of sp³-hybridized carbons (Fsp3) is 0.556. The van der Waals surface area contributed by atoms with E-state index < -0.39 is 60.2 Å². The monoisotopic (exact) mass is 470 g/mol. The van der Waals surface area contributed by atoms with Crippen molar-refractivity contribution >= 4 is 42.3 Å². The van der Waals surface area contributed by atoms with Gasteiger partial charge in [-0.05, 0) is 19.4 Å². The lowest BCUT2D eigenvalue weighted by molar-refractivity contribution is -0.142. The number of carboxylic acid groups (broad SMARTS) is 2. The number of aromatic nitrogens is 2. The van der Waals surface area contributed by atoms with Gasteiger partial charge in [-0.15, -0.1) is 0 Å². The van der Waals surface area contributed by atoms with Crippen molar-refractivity contribution in [3.63, 3.8) is 0 Å². The van der Waals surface area contributed by atoms with Crippen LogP contribution in [0.3, 0.4) is 0 Å². The third-order valence-corrected chi connectivity index (χ3v) is 5.16. The van der Waals surface area contributed by atoms with Crippen LogP contribution in [0.5, 0.6) is 0 Å². The number of nitrogens with one attached hydrogen (secondary N) is 5. The number of hydrogen-bond donors (Lipinski definition) is 8. The zero-order valence-corrected chi connectivity index (χ0v) is 17.9. The number of hydrogen-bond acceptors (Lipinski definition) is 8. The first-order valence-electron chi connectivity index (χ1n) is 9.88. The van der Waals surface area contributed by atoms with Gasteiger partial charge < -0.3 is 36.5 Å². The minimum atomic E-state index is -1.43. The van der Waals surface area contributed by atoms with Gasteiger partial charge in [0.05, 0.1) is 18.8 Å².